The van der Waals surface area contributed by atoms with E-state index in [2.05, 4.69) is 15.4 Å². The fourth-order valence-corrected chi connectivity index (χ4v) is 3.46. The second-order valence-corrected chi connectivity index (χ2v) is 8.22. The predicted molar refractivity (Wildman–Crippen MR) is 101 cm³/mol. The van der Waals surface area contributed by atoms with Crippen LogP contribution in [-0.2, 0) is 21.4 Å². The lowest BCUT2D eigenvalue weighted by Crippen LogP contribution is -2.30. The Morgan fingerprint density at radius 3 is 2.45 bits per heavy atom. The van der Waals surface area contributed by atoms with Crippen LogP contribution >= 0.6 is 0 Å². The number of anilines is 1. The number of halogens is 3. The van der Waals surface area contributed by atoms with Crippen LogP contribution in [0.4, 0.5) is 18.9 Å². The third-order valence-electron chi connectivity index (χ3n) is 3.73. The zero-order valence-electron chi connectivity index (χ0n) is 15.7. The number of rotatable bonds is 8. The fourth-order valence-electron chi connectivity index (χ4n) is 2.34. The van der Waals surface area contributed by atoms with Crippen molar-refractivity contribution in [3.63, 3.8) is 0 Å². The van der Waals surface area contributed by atoms with Crippen molar-refractivity contribution >= 4 is 21.6 Å². The summed E-state index contributed by atoms with van der Waals surface area (Å²) >= 11 is 0. The molecule has 0 atom stereocenters. The van der Waals surface area contributed by atoms with Gasteiger partial charge in [-0.15, -0.1) is 13.2 Å². The van der Waals surface area contributed by atoms with Gasteiger partial charge in [-0.1, -0.05) is 24.3 Å². The van der Waals surface area contributed by atoms with E-state index >= 15 is 0 Å². The van der Waals surface area contributed by atoms with Crippen LogP contribution in [0, 0.1) is 0 Å². The first-order valence-corrected chi connectivity index (χ1v) is 9.80. The number of carbonyl (C=O) groups excluding carboxylic acids is 1. The Balaban J connectivity index is 1.96. The maximum atomic E-state index is 12.3. The number of nitrogens with zero attached hydrogens (tertiary/aromatic N) is 1. The predicted octanol–water partition coefficient (Wildman–Crippen LogP) is 2.56. The van der Waals surface area contributed by atoms with E-state index in [0.29, 0.717) is 5.56 Å². The maximum Gasteiger partial charge on any atom is 0.573 e. The highest BCUT2D eigenvalue weighted by Crippen LogP contribution is 2.25. The molecular weight excluding hydrogens is 411 g/mol. The minimum atomic E-state index is -4.81. The molecule has 7 nitrogen and oxygen atoms in total. The molecule has 1 amide bonds. The number of hydrogen-bond donors (Lipinski definition) is 2. The normalized spacial score (nSPS) is 11.9. The highest BCUT2D eigenvalue weighted by Gasteiger charge is 2.31. The molecule has 0 aliphatic carbocycles. The number of benzene rings is 2. The van der Waals surface area contributed by atoms with Crippen molar-refractivity contribution < 1.29 is 31.1 Å². The van der Waals surface area contributed by atoms with Crippen LogP contribution in [0.2, 0.25) is 0 Å². The number of hydrogen-bond acceptors (Lipinski definition) is 5. The molecule has 158 valence electrons. The number of alkyl halides is 3. The van der Waals surface area contributed by atoms with E-state index in [0.717, 1.165) is 16.4 Å². The van der Waals surface area contributed by atoms with Gasteiger partial charge in [0.1, 0.15) is 5.75 Å². The van der Waals surface area contributed by atoms with Crippen LogP contribution in [0.25, 0.3) is 0 Å². The second kappa shape index (κ2) is 9.14. The molecule has 11 heteroatoms. The van der Waals surface area contributed by atoms with Gasteiger partial charge in [0, 0.05) is 32.4 Å². The van der Waals surface area contributed by atoms with Crippen molar-refractivity contribution in [3.8, 4) is 5.75 Å². The highest BCUT2D eigenvalue weighted by molar-refractivity contribution is 7.89. The van der Waals surface area contributed by atoms with E-state index in [-0.39, 0.29) is 23.7 Å². The summed E-state index contributed by atoms with van der Waals surface area (Å²) in [4.78, 5) is 12.1. The maximum absolute atomic E-state index is 12.3. The first-order valence-electron chi connectivity index (χ1n) is 8.36. The molecule has 2 aromatic rings. The van der Waals surface area contributed by atoms with Gasteiger partial charge in [-0.2, -0.15) is 0 Å². The Labute approximate surface area is 166 Å². The van der Waals surface area contributed by atoms with Crippen LogP contribution in [0.15, 0.2) is 53.4 Å². The van der Waals surface area contributed by atoms with E-state index < -0.39 is 28.0 Å². The number of carbonyl (C=O) groups is 1. The molecule has 0 heterocycles. The summed E-state index contributed by atoms with van der Waals surface area (Å²) in [6.07, 6.45) is -4.81. The Morgan fingerprint density at radius 1 is 1.10 bits per heavy atom. The van der Waals surface area contributed by atoms with Crippen LogP contribution in [-0.4, -0.2) is 45.6 Å². The molecule has 0 radical (unpaired) electrons. The number of sulfonamides is 1. The number of nitrogens with one attached hydrogen (secondary N) is 2. The van der Waals surface area contributed by atoms with Crippen LogP contribution in [0.3, 0.4) is 0 Å². The standard InChI is InChI=1S/C18H20F3N3O4S/c1-24(2)29(26,27)16-9-4-3-6-13(16)11-23-17(25)12-22-14-7-5-8-15(10-14)28-18(19,20)21/h3-10,22H,11-12H2,1-2H3,(H,23,25). The molecule has 0 spiro atoms. The van der Waals surface area contributed by atoms with E-state index in [4.69, 9.17) is 0 Å². The van der Waals surface area contributed by atoms with Crippen LogP contribution in [0.1, 0.15) is 5.56 Å². The highest BCUT2D eigenvalue weighted by atomic mass is 32.2. The molecular formula is C18H20F3N3O4S. The molecule has 0 saturated heterocycles. The minimum Gasteiger partial charge on any atom is -0.406 e. The Hall–Kier alpha value is -2.79. The minimum absolute atomic E-state index is 0.0268. The summed E-state index contributed by atoms with van der Waals surface area (Å²) in [6.45, 7) is -0.251. The molecule has 0 saturated carbocycles. The molecule has 0 fully saturated rings. The summed E-state index contributed by atoms with van der Waals surface area (Å²) < 4.78 is 66.4. The average molecular weight is 431 g/mol. The van der Waals surface area contributed by atoms with Gasteiger partial charge in [-0.25, -0.2) is 12.7 Å². The van der Waals surface area contributed by atoms with Gasteiger partial charge in [-0.05, 0) is 23.8 Å². The first-order chi connectivity index (χ1) is 13.5. The van der Waals surface area contributed by atoms with Gasteiger partial charge in [0.05, 0.1) is 11.4 Å². The first kappa shape index (κ1) is 22.5. The lowest BCUT2D eigenvalue weighted by atomic mass is 10.2. The molecule has 0 unspecified atom stereocenters. The van der Waals surface area contributed by atoms with Gasteiger partial charge in [0.2, 0.25) is 15.9 Å². The molecule has 0 aliphatic rings. The average Bonchev–Trinajstić information content (AvgIpc) is 2.63. The summed E-state index contributed by atoms with van der Waals surface area (Å²) in [5, 5.41) is 5.26. The molecule has 0 bridgehead atoms. The van der Waals surface area contributed by atoms with Crippen molar-refractivity contribution in [2.75, 3.05) is 26.0 Å². The smallest absolute Gasteiger partial charge is 0.406 e. The van der Waals surface area contributed by atoms with Crippen molar-refractivity contribution in [2.24, 2.45) is 0 Å². The lowest BCUT2D eigenvalue weighted by molar-refractivity contribution is -0.274. The van der Waals surface area contributed by atoms with Gasteiger partial charge < -0.3 is 15.4 Å². The molecule has 29 heavy (non-hydrogen) atoms. The fraction of sp³-hybridized carbons (Fsp3) is 0.278. The monoisotopic (exact) mass is 431 g/mol. The van der Waals surface area contributed by atoms with E-state index in [1.165, 1.54) is 32.3 Å². The van der Waals surface area contributed by atoms with Crippen molar-refractivity contribution in [2.45, 2.75) is 17.8 Å². The third kappa shape index (κ3) is 6.64. The SMILES string of the molecule is CN(C)S(=O)(=O)c1ccccc1CNC(=O)CNc1cccc(OC(F)(F)F)c1. The molecule has 0 aliphatic heterocycles. The van der Waals surface area contributed by atoms with Gasteiger partial charge in [-0.3, -0.25) is 4.79 Å². The molecule has 0 aromatic heterocycles. The number of ether oxygens (including phenoxy) is 1. The summed E-state index contributed by atoms with van der Waals surface area (Å²) in [5.41, 5.74) is 0.674. The van der Waals surface area contributed by atoms with Crippen molar-refractivity contribution in [3.05, 3.63) is 54.1 Å². The zero-order valence-corrected chi connectivity index (χ0v) is 16.5. The Kier molecular flexibility index (Phi) is 7.09. The second-order valence-electron chi connectivity index (χ2n) is 6.10. The molecule has 2 aromatic carbocycles. The lowest BCUT2D eigenvalue weighted by Gasteiger charge is -2.15. The van der Waals surface area contributed by atoms with Gasteiger partial charge >= 0.3 is 6.36 Å². The topological polar surface area (TPSA) is 87.7 Å². The Bertz CT molecular complexity index is 963. The Morgan fingerprint density at radius 2 is 1.79 bits per heavy atom. The van der Waals surface area contributed by atoms with Gasteiger partial charge in [0.15, 0.2) is 0 Å². The third-order valence-corrected chi connectivity index (χ3v) is 5.64. The summed E-state index contributed by atoms with van der Waals surface area (Å²) in [5.74, 6) is -0.880. The van der Waals surface area contributed by atoms with Gasteiger partial charge in [0.25, 0.3) is 0 Å². The number of amides is 1. The van der Waals surface area contributed by atoms with E-state index in [9.17, 15) is 26.4 Å². The van der Waals surface area contributed by atoms with Crippen LogP contribution in [0.5, 0.6) is 5.75 Å². The quantitative estimate of drug-likeness (QED) is 0.671. The largest absolute Gasteiger partial charge is 0.573 e. The van der Waals surface area contributed by atoms with E-state index in [1.54, 1.807) is 18.2 Å². The molecule has 2 rings (SSSR count). The molecule has 2 N–H and O–H groups in total. The van der Waals surface area contributed by atoms with E-state index in [1.807, 2.05) is 0 Å². The summed E-state index contributed by atoms with van der Waals surface area (Å²) in [6, 6.07) is 11.4. The zero-order chi connectivity index (χ0) is 21.7. The van der Waals surface area contributed by atoms with Crippen molar-refractivity contribution in [1.82, 2.24) is 9.62 Å². The summed E-state index contributed by atoms with van der Waals surface area (Å²) in [7, 11) is -0.854. The van der Waals surface area contributed by atoms with Crippen molar-refractivity contribution in [1.29, 1.82) is 0 Å². The van der Waals surface area contributed by atoms with Crippen LogP contribution < -0.4 is 15.4 Å².